The monoisotopic (exact) mass is 399 g/mol. The van der Waals surface area contributed by atoms with Gasteiger partial charge in [-0.3, -0.25) is 4.79 Å². The fourth-order valence-corrected chi connectivity index (χ4v) is 2.52. The van der Waals surface area contributed by atoms with E-state index in [-0.39, 0.29) is 5.57 Å². The summed E-state index contributed by atoms with van der Waals surface area (Å²) >= 11 is 0. The first-order chi connectivity index (χ1) is 12.9. The van der Waals surface area contributed by atoms with E-state index in [9.17, 15) is 28.0 Å². The Hall–Kier alpha value is -2.76. The SMILES string of the molecule is Cc1cc(/C=C(/C#N)C(=O)OC(C)C(=O)NCC(F)(F)F)c(C)n1CC(C)C. The highest BCUT2D eigenvalue weighted by Crippen LogP contribution is 2.20. The smallest absolute Gasteiger partial charge is 0.405 e. The quantitative estimate of drug-likeness (QED) is 0.433. The van der Waals surface area contributed by atoms with Gasteiger partial charge in [0.15, 0.2) is 6.10 Å². The van der Waals surface area contributed by atoms with Crippen LogP contribution in [0, 0.1) is 31.1 Å². The summed E-state index contributed by atoms with van der Waals surface area (Å²) in [4.78, 5) is 23.8. The van der Waals surface area contributed by atoms with Gasteiger partial charge in [0.2, 0.25) is 0 Å². The van der Waals surface area contributed by atoms with E-state index in [2.05, 4.69) is 18.4 Å². The summed E-state index contributed by atoms with van der Waals surface area (Å²) in [6.07, 6.45) is -4.70. The molecule has 0 saturated heterocycles. The van der Waals surface area contributed by atoms with E-state index in [1.807, 2.05) is 19.9 Å². The summed E-state index contributed by atoms with van der Waals surface area (Å²) in [6, 6.07) is 3.53. The number of amides is 1. The normalized spacial score (nSPS) is 13.2. The number of rotatable bonds is 7. The Labute approximate surface area is 162 Å². The number of hydrogen-bond donors (Lipinski definition) is 1. The number of aryl methyl sites for hydroxylation is 1. The van der Waals surface area contributed by atoms with Crippen molar-refractivity contribution in [1.29, 1.82) is 5.26 Å². The van der Waals surface area contributed by atoms with Crippen molar-refractivity contribution in [1.82, 2.24) is 9.88 Å². The van der Waals surface area contributed by atoms with Gasteiger partial charge < -0.3 is 14.6 Å². The van der Waals surface area contributed by atoms with Crippen molar-refractivity contribution in [2.24, 2.45) is 5.92 Å². The molecule has 1 aromatic rings. The van der Waals surface area contributed by atoms with Crippen LogP contribution in [0.4, 0.5) is 13.2 Å². The van der Waals surface area contributed by atoms with Gasteiger partial charge in [0.1, 0.15) is 18.2 Å². The van der Waals surface area contributed by atoms with Gasteiger partial charge >= 0.3 is 12.1 Å². The number of ether oxygens (including phenoxy) is 1. The molecule has 1 heterocycles. The topological polar surface area (TPSA) is 84.1 Å². The number of alkyl halides is 3. The van der Waals surface area contributed by atoms with Gasteiger partial charge in [-0.15, -0.1) is 0 Å². The summed E-state index contributed by atoms with van der Waals surface area (Å²) in [6.45, 7) is 8.27. The number of halogens is 3. The first-order valence-electron chi connectivity index (χ1n) is 8.69. The zero-order valence-corrected chi connectivity index (χ0v) is 16.5. The van der Waals surface area contributed by atoms with Gasteiger partial charge in [-0.05, 0) is 44.4 Å². The Morgan fingerprint density at radius 2 is 1.93 bits per heavy atom. The molecule has 6 nitrogen and oxygen atoms in total. The molecular weight excluding hydrogens is 375 g/mol. The molecule has 0 aliphatic heterocycles. The minimum Gasteiger partial charge on any atom is -0.448 e. The molecule has 0 aliphatic carbocycles. The zero-order chi connectivity index (χ0) is 21.6. The average Bonchev–Trinajstić information content (AvgIpc) is 2.83. The van der Waals surface area contributed by atoms with Gasteiger partial charge in [-0.1, -0.05) is 13.8 Å². The molecule has 1 atom stereocenters. The average molecular weight is 399 g/mol. The molecule has 1 aromatic heterocycles. The summed E-state index contributed by atoms with van der Waals surface area (Å²) in [5.74, 6) is -1.78. The van der Waals surface area contributed by atoms with E-state index in [0.29, 0.717) is 11.5 Å². The predicted octanol–water partition coefficient (Wildman–Crippen LogP) is 3.28. The number of nitriles is 1. The molecule has 1 N–H and O–H groups in total. The van der Waals surface area contributed by atoms with E-state index in [4.69, 9.17) is 4.74 Å². The second kappa shape index (κ2) is 9.44. The van der Waals surface area contributed by atoms with Crippen LogP contribution in [0.15, 0.2) is 11.6 Å². The molecule has 0 spiro atoms. The molecule has 0 aromatic carbocycles. The minimum atomic E-state index is -4.57. The van der Waals surface area contributed by atoms with Crippen molar-refractivity contribution < 1.29 is 27.5 Å². The van der Waals surface area contributed by atoms with Crippen LogP contribution < -0.4 is 5.32 Å². The lowest BCUT2D eigenvalue weighted by molar-refractivity contribution is -0.154. The lowest BCUT2D eigenvalue weighted by atomic mass is 10.1. The van der Waals surface area contributed by atoms with Crippen LogP contribution in [0.1, 0.15) is 37.7 Å². The molecule has 0 bridgehead atoms. The van der Waals surface area contributed by atoms with Gasteiger partial charge in [-0.25, -0.2) is 4.79 Å². The summed E-state index contributed by atoms with van der Waals surface area (Å²) < 4.78 is 43.3. The lowest BCUT2D eigenvalue weighted by Gasteiger charge is -2.14. The first kappa shape index (κ1) is 23.3. The Morgan fingerprint density at radius 3 is 2.43 bits per heavy atom. The second-order valence-corrected chi connectivity index (χ2v) is 6.88. The predicted molar refractivity (Wildman–Crippen MR) is 97.0 cm³/mol. The summed E-state index contributed by atoms with van der Waals surface area (Å²) in [5.41, 5.74) is 2.13. The van der Waals surface area contributed by atoms with Crippen molar-refractivity contribution in [3.8, 4) is 6.07 Å². The van der Waals surface area contributed by atoms with Crippen LogP contribution in [-0.2, 0) is 20.9 Å². The number of carbonyl (C=O) groups is 2. The number of hydrogen-bond acceptors (Lipinski definition) is 4. The maximum Gasteiger partial charge on any atom is 0.405 e. The van der Waals surface area contributed by atoms with Crippen molar-refractivity contribution in [3.63, 3.8) is 0 Å². The highest BCUT2D eigenvalue weighted by Gasteiger charge is 2.29. The molecule has 28 heavy (non-hydrogen) atoms. The third-order valence-corrected chi connectivity index (χ3v) is 3.92. The summed E-state index contributed by atoms with van der Waals surface area (Å²) in [5, 5.41) is 10.9. The van der Waals surface area contributed by atoms with E-state index in [1.165, 1.54) is 6.08 Å². The Balaban J connectivity index is 2.92. The Morgan fingerprint density at radius 1 is 1.32 bits per heavy atom. The van der Waals surface area contributed by atoms with Crippen LogP contribution in [0.5, 0.6) is 0 Å². The Kier molecular flexibility index (Phi) is 7.85. The van der Waals surface area contributed by atoms with Crippen LogP contribution in [0.2, 0.25) is 0 Å². The maximum atomic E-state index is 12.2. The first-order valence-corrected chi connectivity index (χ1v) is 8.69. The van der Waals surface area contributed by atoms with Crippen LogP contribution in [0.25, 0.3) is 6.08 Å². The minimum absolute atomic E-state index is 0.347. The van der Waals surface area contributed by atoms with E-state index >= 15 is 0 Å². The van der Waals surface area contributed by atoms with E-state index in [0.717, 1.165) is 24.9 Å². The van der Waals surface area contributed by atoms with E-state index in [1.54, 1.807) is 11.4 Å². The van der Waals surface area contributed by atoms with E-state index < -0.39 is 30.7 Å². The highest BCUT2D eigenvalue weighted by atomic mass is 19.4. The largest absolute Gasteiger partial charge is 0.448 e. The van der Waals surface area contributed by atoms with Crippen molar-refractivity contribution in [3.05, 3.63) is 28.6 Å². The van der Waals surface area contributed by atoms with Crippen molar-refractivity contribution >= 4 is 18.0 Å². The maximum absolute atomic E-state index is 12.2. The highest BCUT2D eigenvalue weighted by molar-refractivity contribution is 5.99. The van der Waals surface area contributed by atoms with Crippen molar-refractivity contribution in [2.45, 2.75) is 53.4 Å². The molecule has 9 heteroatoms. The van der Waals surface area contributed by atoms with Gasteiger partial charge in [0.05, 0.1) is 0 Å². The van der Waals surface area contributed by atoms with Crippen LogP contribution >= 0.6 is 0 Å². The summed E-state index contributed by atoms with van der Waals surface area (Å²) in [7, 11) is 0. The number of aromatic nitrogens is 1. The standard InChI is InChI=1S/C19H24F3N3O3/c1-11(2)9-25-12(3)6-15(13(25)4)7-16(8-23)18(27)28-14(5)17(26)24-10-19(20,21)22/h6-7,11,14H,9-10H2,1-5H3,(H,24,26)/b16-7-. The lowest BCUT2D eigenvalue weighted by Crippen LogP contribution is -2.40. The van der Waals surface area contributed by atoms with Gasteiger partial charge in [0, 0.05) is 17.9 Å². The zero-order valence-electron chi connectivity index (χ0n) is 16.5. The Bertz CT molecular complexity index is 802. The fraction of sp³-hybridized carbons (Fsp3) is 0.526. The molecule has 0 saturated carbocycles. The third-order valence-electron chi connectivity index (χ3n) is 3.92. The molecule has 1 rings (SSSR count). The molecular formula is C19H24F3N3O3. The molecule has 1 amide bonds. The van der Waals surface area contributed by atoms with Gasteiger partial charge in [0.25, 0.3) is 5.91 Å². The van der Waals surface area contributed by atoms with Crippen molar-refractivity contribution in [2.75, 3.05) is 6.54 Å². The molecule has 0 radical (unpaired) electrons. The molecule has 0 aliphatic rings. The fourth-order valence-electron chi connectivity index (χ4n) is 2.52. The number of carbonyl (C=O) groups excluding carboxylic acids is 2. The van der Waals surface area contributed by atoms with Gasteiger partial charge in [-0.2, -0.15) is 18.4 Å². The number of nitrogens with one attached hydrogen (secondary N) is 1. The molecule has 0 fully saturated rings. The second-order valence-electron chi connectivity index (χ2n) is 6.88. The molecule has 1 unspecified atom stereocenters. The number of nitrogens with zero attached hydrogens (tertiary/aromatic N) is 2. The third kappa shape index (κ3) is 6.76. The van der Waals surface area contributed by atoms with Crippen LogP contribution in [0.3, 0.4) is 0 Å². The number of esters is 1. The molecule has 154 valence electrons. The van der Waals surface area contributed by atoms with Crippen LogP contribution in [-0.4, -0.2) is 35.3 Å².